The zero-order chi connectivity index (χ0) is 14.3. The van der Waals surface area contributed by atoms with Crippen molar-refractivity contribution < 1.29 is 9.90 Å². The lowest BCUT2D eigenvalue weighted by Gasteiger charge is -2.02. The molecule has 20 heavy (non-hydrogen) atoms. The maximum Gasteiger partial charge on any atom is 0.221 e. The minimum Gasteiger partial charge on any atom is -0.392 e. The van der Waals surface area contributed by atoms with Gasteiger partial charge in [0.2, 0.25) is 5.91 Å². The highest BCUT2D eigenvalue weighted by atomic mass is 79.9. The molecule has 1 aromatic heterocycles. The van der Waals surface area contributed by atoms with Gasteiger partial charge in [-0.2, -0.15) is 0 Å². The van der Waals surface area contributed by atoms with Crippen LogP contribution in [0.2, 0.25) is 0 Å². The van der Waals surface area contributed by atoms with Crippen molar-refractivity contribution in [2.75, 3.05) is 0 Å². The largest absolute Gasteiger partial charge is 0.392 e. The normalized spacial score (nSPS) is 11.3. The smallest absolute Gasteiger partial charge is 0.221 e. The zero-order valence-corrected chi connectivity index (χ0v) is 12.2. The number of primary amides is 1. The summed E-state index contributed by atoms with van der Waals surface area (Å²) >= 11 is 3.55. The number of aliphatic hydroxyl groups is 1. The number of rotatable bonds is 3. The number of aromatic amines is 1. The number of hydrogen-bond acceptors (Lipinski definition) is 2. The first kappa shape index (κ1) is 13.1. The van der Waals surface area contributed by atoms with Crippen LogP contribution in [0.15, 0.2) is 34.8 Å². The van der Waals surface area contributed by atoms with Gasteiger partial charge in [0.25, 0.3) is 0 Å². The number of aliphatic hydroxyl groups excluding tert-OH is 1. The Morgan fingerprint density at radius 3 is 2.80 bits per heavy atom. The molecule has 4 N–H and O–H groups in total. The third-order valence-corrected chi connectivity index (χ3v) is 4.06. The van der Waals surface area contributed by atoms with E-state index in [2.05, 4.69) is 20.9 Å². The van der Waals surface area contributed by atoms with Crippen LogP contribution < -0.4 is 5.73 Å². The Bertz CT molecular complexity index is 823. The molecule has 0 aliphatic rings. The van der Waals surface area contributed by atoms with Crippen LogP contribution in [-0.4, -0.2) is 16.0 Å². The van der Waals surface area contributed by atoms with Gasteiger partial charge in [0.1, 0.15) is 0 Å². The highest BCUT2D eigenvalue weighted by Crippen LogP contribution is 2.34. The Morgan fingerprint density at radius 1 is 1.30 bits per heavy atom. The van der Waals surface area contributed by atoms with Gasteiger partial charge in [-0.25, -0.2) is 0 Å². The van der Waals surface area contributed by atoms with E-state index < -0.39 is 0 Å². The lowest BCUT2D eigenvalue weighted by molar-refractivity contribution is -0.117. The first-order valence-electron chi connectivity index (χ1n) is 6.21. The first-order chi connectivity index (χ1) is 9.60. The van der Waals surface area contributed by atoms with E-state index in [0.29, 0.717) is 0 Å². The van der Waals surface area contributed by atoms with E-state index in [1.54, 1.807) is 0 Å². The molecular weight excluding hydrogens is 320 g/mol. The number of H-pyrrole nitrogens is 1. The second-order valence-corrected chi connectivity index (χ2v) is 5.62. The lowest BCUT2D eigenvalue weighted by Crippen LogP contribution is -2.13. The van der Waals surface area contributed by atoms with Crippen molar-refractivity contribution >= 4 is 43.6 Å². The second-order valence-electron chi connectivity index (χ2n) is 4.76. The van der Waals surface area contributed by atoms with Crippen LogP contribution in [0.5, 0.6) is 0 Å². The van der Waals surface area contributed by atoms with E-state index in [0.717, 1.165) is 37.4 Å². The summed E-state index contributed by atoms with van der Waals surface area (Å²) in [6.45, 7) is 0.000613. The minimum absolute atomic E-state index is 0.000613. The SMILES string of the molecule is NC(=O)Cc1ccc(Br)c2c1[nH]c1cc(CO)ccc12. The van der Waals surface area contributed by atoms with Crippen molar-refractivity contribution in [3.63, 3.8) is 0 Å². The lowest BCUT2D eigenvalue weighted by atomic mass is 10.1. The molecule has 1 amide bonds. The maximum absolute atomic E-state index is 11.2. The Balaban J connectivity index is 2.35. The number of carbonyl (C=O) groups excluding carboxylic acids is 1. The molecule has 0 bridgehead atoms. The van der Waals surface area contributed by atoms with Gasteiger partial charge in [-0.05, 0) is 23.3 Å². The van der Waals surface area contributed by atoms with Gasteiger partial charge in [-0.15, -0.1) is 0 Å². The number of nitrogens with two attached hydrogens (primary N) is 1. The zero-order valence-electron chi connectivity index (χ0n) is 10.6. The number of hydrogen-bond donors (Lipinski definition) is 3. The molecule has 4 nitrogen and oxygen atoms in total. The van der Waals surface area contributed by atoms with Gasteiger partial charge in [-0.1, -0.05) is 34.1 Å². The summed E-state index contributed by atoms with van der Waals surface area (Å²) in [7, 11) is 0. The predicted molar refractivity (Wildman–Crippen MR) is 82.3 cm³/mol. The fourth-order valence-electron chi connectivity index (χ4n) is 2.51. The van der Waals surface area contributed by atoms with Gasteiger partial charge in [0.05, 0.1) is 18.5 Å². The summed E-state index contributed by atoms with van der Waals surface area (Å²) in [5.41, 5.74) is 8.85. The van der Waals surface area contributed by atoms with Crippen LogP contribution in [0.25, 0.3) is 21.8 Å². The fraction of sp³-hybridized carbons (Fsp3) is 0.133. The van der Waals surface area contributed by atoms with E-state index in [9.17, 15) is 9.90 Å². The second kappa shape index (κ2) is 4.92. The molecule has 102 valence electrons. The van der Waals surface area contributed by atoms with Gasteiger partial charge in [0, 0.05) is 20.8 Å². The van der Waals surface area contributed by atoms with Crippen molar-refractivity contribution in [1.29, 1.82) is 0 Å². The molecule has 0 unspecified atom stereocenters. The topological polar surface area (TPSA) is 79.1 Å². The summed E-state index contributed by atoms with van der Waals surface area (Å²) < 4.78 is 0.962. The van der Waals surface area contributed by atoms with E-state index in [1.165, 1.54) is 0 Å². The molecule has 1 heterocycles. The molecule has 3 rings (SSSR count). The molecule has 0 spiro atoms. The average molecular weight is 333 g/mol. The third-order valence-electron chi connectivity index (χ3n) is 3.40. The summed E-state index contributed by atoms with van der Waals surface area (Å²) in [6, 6.07) is 9.59. The number of halogens is 1. The van der Waals surface area contributed by atoms with E-state index in [4.69, 9.17) is 5.73 Å². The van der Waals surface area contributed by atoms with Crippen molar-refractivity contribution in [1.82, 2.24) is 4.98 Å². The Kier molecular flexibility index (Phi) is 3.23. The monoisotopic (exact) mass is 332 g/mol. The summed E-state index contributed by atoms with van der Waals surface area (Å²) in [4.78, 5) is 14.5. The molecule has 0 radical (unpaired) electrons. The third kappa shape index (κ3) is 2.09. The Labute approximate surface area is 123 Å². The van der Waals surface area contributed by atoms with Crippen LogP contribution in [0.3, 0.4) is 0 Å². The van der Waals surface area contributed by atoms with Gasteiger partial charge in [0.15, 0.2) is 0 Å². The van der Waals surface area contributed by atoms with E-state index in [1.807, 2.05) is 30.3 Å². The minimum atomic E-state index is -0.358. The highest BCUT2D eigenvalue weighted by molar-refractivity contribution is 9.10. The number of benzene rings is 2. The van der Waals surface area contributed by atoms with Crippen LogP contribution >= 0.6 is 15.9 Å². The fourth-order valence-corrected chi connectivity index (χ4v) is 3.05. The highest BCUT2D eigenvalue weighted by Gasteiger charge is 2.13. The average Bonchev–Trinajstić information content (AvgIpc) is 2.80. The number of aromatic nitrogens is 1. The first-order valence-corrected chi connectivity index (χ1v) is 7.00. The molecule has 0 aliphatic heterocycles. The van der Waals surface area contributed by atoms with Crippen molar-refractivity contribution in [2.45, 2.75) is 13.0 Å². The molecule has 3 aromatic rings. The van der Waals surface area contributed by atoms with Crippen LogP contribution in [0.4, 0.5) is 0 Å². The van der Waals surface area contributed by atoms with Crippen LogP contribution in [0.1, 0.15) is 11.1 Å². The van der Waals surface area contributed by atoms with Gasteiger partial charge in [-0.3, -0.25) is 4.79 Å². The van der Waals surface area contributed by atoms with Crippen molar-refractivity contribution in [3.8, 4) is 0 Å². The van der Waals surface area contributed by atoms with Crippen LogP contribution in [0, 0.1) is 0 Å². The molecule has 0 saturated heterocycles. The quantitative estimate of drug-likeness (QED) is 0.689. The molecule has 0 atom stereocenters. The summed E-state index contributed by atoms with van der Waals surface area (Å²) in [5, 5.41) is 11.3. The summed E-state index contributed by atoms with van der Waals surface area (Å²) in [6.07, 6.45) is 0.198. The molecule has 0 fully saturated rings. The van der Waals surface area contributed by atoms with Gasteiger partial charge >= 0.3 is 0 Å². The number of nitrogens with one attached hydrogen (secondary N) is 1. The number of amides is 1. The van der Waals surface area contributed by atoms with Crippen molar-refractivity contribution in [3.05, 3.63) is 45.9 Å². The Morgan fingerprint density at radius 2 is 2.10 bits per heavy atom. The van der Waals surface area contributed by atoms with E-state index >= 15 is 0 Å². The number of fused-ring (bicyclic) bond motifs is 3. The van der Waals surface area contributed by atoms with Crippen molar-refractivity contribution in [2.24, 2.45) is 5.73 Å². The Hall–Kier alpha value is -1.85. The molecule has 5 heteroatoms. The molecule has 0 saturated carbocycles. The molecule has 0 aliphatic carbocycles. The van der Waals surface area contributed by atoms with Gasteiger partial charge < -0.3 is 15.8 Å². The summed E-state index contributed by atoms with van der Waals surface area (Å²) in [5.74, 6) is -0.358. The number of carbonyl (C=O) groups is 1. The maximum atomic E-state index is 11.2. The molecular formula is C15H13BrN2O2. The standard InChI is InChI=1S/C15H13BrN2O2/c16-11-4-2-9(6-13(17)20)15-14(11)10-3-1-8(7-19)5-12(10)18-15/h1-5,18-19H,6-7H2,(H2,17,20). The van der Waals surface area contributed by atoms with Crippen LogP contribution in [-0.2, 0) is 17.8 Å². The van der Waals surface area contributed by atoms with E-state index in [-0.39, 0.29) is 18.9 Å². The predicted octanol–water partition coefficient (Wildman–Crippen LogP) is 2.60. The molecule has 2 aromatic carbocycles.